The molecule has 3 aromatic heterocycles. The lowest BCUT2D eigenvalue weighted by Crippen LogP contribution is -2.29. The van der Waals surface area contributed by atoms with Crippen molar-refractivity contribution in [3.05, 3.63) is 94.4 Å². The molecule has 9 heteroatoms. The van der Waals surface area contributed by atoms with Crippen LogP contribution >= 0.6 is 11.3 Å². The van der Waals surface area contributed by atoms with Crippen molar-refractivity contribution in [3.8, 4) is 5.75 Å². The van der Waals surface area contributed by atoms with E-state index in [9.17, 15) is 14.7 Å². The summed E-state index contributed by atoms with van der Waals surface area (Å²) < 4.78 is 8.68. The summed E-state index contributed by atoms with van der Waals surface area (Å²) in [4.78, 5) is 38.3. The van der Waals surface area contributed by atoms with Crippen LogP contribution in [0.25, 0.3) is 21.6 Å². The number of pyridine rings is 1. The number of ketones is 1. The SMILES string of the molecule is CCCCCOc1ccc(C2/C(=C(\O)c3nc4c(C)cccn4c3C)C(=O)C(=O)N2c2nc3ccc(C)cc3s2)cc1. The van der Waals surface area contributed by atoms with E-state index in [1.165, 1.54) is 16.2 Å². The standard InChI is InChI=1S/C33H32N4O4S/c1-5-6-7-17-41-23-13-11-22(12-14-23)28-26(29(38)27-21(4)36-16-8-9-20(3)31(36)35-27)30(39)32(40)37(28)33-34-24-15-10-19(2)18-25(24)42-33/h8-16,18,28,38H,5-7,17H2,1-4H3/b29-26+. The summed E-state index contributed by atoms with van der Waals surface area (Å²) in [6.07, 6.45) is 5.03. The second-order valence-electron chi connectivity index (χ2n) is 10.7. The van der Waals surface area contributed by atoms with Gasteiger partial charge in [0.25, 0.3) is 5.78 Å². The molecule has 0 bridgehead atoms. The summed E-state index contributed by atoms with van der Waals surface area (Å²) in [5, 5.41) is 12.1. The second kappa shape index (κ2) is 11.1. The van der Waals surface area contributed by atoms with Crippen molar-refractivity contribution in [2.24, 2.45) is 0 Å². The number of hydrogen-bond acceptors (Lipinski definition) is 7. The predicted molar refractivity (Wildman–Crippen MR) is 165 cm³/mol. The molecule has 0 saturated carbocycles. The van der Waals surface area contributed by atoms with E-state index >= 15 is 0 Å². The summed E-state index contributed by atoms with van der Waals surface area (Å²) >= 11 is 1.34. The van der Waals surface area contributed by atoms with Crippen LogP contribution in [0.5, 0.6) is 5.75 Å². The third-order valence-electron chi connectivity index (χ3n) is 7.70. The lowest BCUT2D eigenvalue weighted by atomic mass is 9.96. The van der Waals surface area contributed by atoms with Crippen molar-refractivity contribution in [2.45, 2.75) is 53.0 Å². The van der Waals surface area contributed by atoms with Crippen molar-refractivity contribution in [1.29, 1.82) is 0 Å². The number of unbranched alkanes of at least 4 members (excludes halogenated alkanes) is 2. The molecule has 0 radical (unpaired) electrons. The number of hydrogen-bond donors (Lipinski definition) is 1. The number of nitrogens with zero attached hydrogens (tertiary/aromatic N) is 4. The summed E-state index contributed by atoms with van der Waals surface area (Å²) in [5.41, 5.74) is 4.99. The van der Waals surface area contributed by atoms with Gasteiger partial charge in [-0.05, 0) is 74.2 Å². The van der Waals surface area contributed by atoms with Crippen LogP contribution in [0.1, 0.15) is 60.3 Å². The number of rotatable bonds is 8. The van der Waals surface area contributed by atoms with Gasteiger partial charge in [0.2, 0.25) is 0 Å². The van der Waals surface area contributed by atoms with Gasteiger partial charge < -0.3 is 14.2 Å². The molecular weight excluding hydrogens is 548 g/mol. The quantitative estimate of drug-likeness (QED) is 0.0913. The minimum Gasteiger partial charge on any atom is -0.505 e. The fourth-order valence-electron chi connectivity index (χ4n) is 5.43. The molecule has 0 aliphatic carbocycles. The zero-order valence-corrected chi connectivity index (χ0v) is 24.9. The third-order valence-corrected chi connectivity index (χ3v) is 8.72. The van der Waals surface area contributed by atoms with E-state index in [1.54, 1.807) is 0 Å². The van der Waals surface area contributed by atoms with Gasteiger partial charge in [0.15, 0.2) is 10.9 Å². The largest absolute Gasteiger partial charge is 0.505 e. The maximum atomic E-state index is 13.7. The molecular formula is C33H32N4O4S. The number of amides is 1. The molecule has 1 N–H and O–H groups in total. The van der Waals surface area contributed by atoms with E-state index in [-0.39, 0.29) is 17.0 Å². The van der Waals surface area contributed by atoms with Crippen LogP contribution in [0.2, 0.25) is 0 Å². The van der Waals surface area contributed by atoms with Crippen molar-refractivity contribution >= 4 is 49.8 Å². The first-order valence-corrected chi connectivity index (χ1v) is 15.0. The van der Waals surface area contributed by atoms with Crippen LogP contribution in [0.15, 0.2) is 66.4 Å². The minimum absolute atomic E-state index is 0.0174. The highest BCUT2D eigenvalue weighted by Gasteiger charge is 2.48. The number of ether oxygens (including phenoxy) is 1. The number of fused-ring (bicyclic) bond motifs is 2. The molecule has 5 aromatic rings. The van der Waals surface area contributed by atoms with Crippen LogP contribution < -0.4 is 9.64 Å². The highest BCUT2D eigenvalue weighted by molar-refractivity contribution is 7.22. The molecule has 6 rings (SSSR count). The Morgan fingerprint density at radius 1 is 1.02 bits per heavy atom. The fourth-order valence-corrected chi connectivity index (χ4v) is 6.52. The topological polar surface area (TPSA) is 97.0 Å². The van der Waals surface area contributed by atoms with E-state index in [1.807, 2.05) is 86.0 Å². The number of imidazole rings is 1. The summed E-state index contributed by atoms with van der Waals surface area (Å²) in [5.74, 6) is -1.12. The van der Waals surface area contributed by atoms with Crippen LogP contribution in [-0.2, 0) is 9.59 Å². The molecule has 1 amide bonds. The fraction of sp³-hybridized carbons (Fsp3) is 0.273. The first-order valence-electron chi connectivity index (χ1n) is 14.1. The van der Waals surface area contributed by atoms with Crippen molar-refractivity contribution in [3.63, 3.8) is 0 Å². The average molecular weight is 581 g/mol. The zero-order chi connectivity index (χ0) is 29.5. The van der Waals surface area contributed by atoms with Gasteiger partial charge in [0.1, 0.15) is 17.1 Å². The molecule has 214 valence electrons. The Morgan fingerprint density at radius 2 is 1.81 bits per heavy atom. The van der Waals surface area contributed by atoms with E-state index in [0.29, 0.717) is 34.4 Å². The van der Waals surface area contributed by atoms with Gasteiger partial charge in [-0.1, -0.05) is 55.4 Å². The van der Waals surface area contributed by atoms with Crippen molar-refractivity contribution < 1.29 is 19.4 Å². The van der Waals surface area contributed by atoms with Crippen molar-refractivity contribution in [2.75, 3.05) is 11.5 Å². The maximum Gasteiger partial charge on any atom is 0.301 e. The minimum atomic E-state index is -0.897. The number of aliphatic hydroxyl groups excluding tert-OH is 1. The summed E-state index contributed by atoms with van der Waals surface area (Å²) in [6, 6.07) is 16.2. The van der Waals surface area contributed by atoms with Gasteiger partial charge in [-0.25, -0.2) is 9.97 Å². The zero-order valence-electron chi connectivity index (χ0n) is 24.0. The van der Waals surface area contributed by atoms with Crippen LogP contribution in [-0.4, -0.2) is 37.8 Å². The number of aromatic nitrogens is 3. The first-order chi connectivity index (χ1) is 20.3. The number of aliphatic hydroxyl groups is 1. The van der Waals surface area contributed by atoms with Crippen LogP contribution in [0.4, 0.5) is 5.13 Å². The highest BCUT2D eigenvalue weighted by atomic mass is 32.1. The monoisotopic (exact) mass is 580 g/mol. The number of benzene rings is 2. The molecule has 4 heterocycles. The van der Waals surface area contributed by atoms with Gasteiger partial charge in [0, 0.05) is 6.20 Å². The lowest BCUT2D eigenvalue weighted by molar-refractivity contribution is -0.132. The van der Waals surface area contributed by atoms with Gasteiger partial charge in [0.05, 0.1) is 34.1 Å². The Hall–Kier alpha value is -4.50. The Morgan fingerprint density at radius 3 is 2.55 bits per heavy atom. The average Bonchev–Trinajstić information content (AvgIpc) is 3.63. The smallest absolute Gasteiger partial charge is 0.301 e. The molecule has 2 aromatic carbocycles. The number of Topliss-reactive ketones (excluding diaryl/α,β-unsaturated/α-hetero) is 1. The molecule has 1 unspecified atom stereocenters. The van der Waals surface area contributed by atoms with Crippen molar-refractivity contribution in [1.82, 2.24) is 14.4 Å². The summed E-state index contributed by atoms with van der Waals surface area (Å²) in [7, 11) is 0. The van der Waals surface area contributed by atoms with E-state index in [4.69, 9.17) is 9.72 Å². The van der Waals surface area contributed by atoms with Gasteiger partial charge in [-0.3, -0.25) is 14.5 Å². The van der Waals surface area contributed by atoms with Gasteiger partial charge in [-0.2, -0.15) is 0 Å². The Labute approximate surface area is 247 Å². The maximum absolute atomic E-state index is 13.7. The molecule has 8 nitrogen and oxygen atoms in total. The van der Waals surface area contributed by atoms with E-state index in [0.717, 1.165) is 40.6 Å². The normalized spacial score (nSPS) is 16.7. The van der Waals surface area contributed by atoms with E-state index < -0.39 is 17.7 Å². The second-order valence-corrected chi connectivity index (χ2v) is 11.7. The predicted octanol–water partition coefficient (Wildman–Crippen LogP) is 7.06. The molecule has 0 spiro atoms. The third kappa shape index (κ3) is 4.73. The number of aryl methyl sites for hydroxylation is 3. The Bertz CT molecular complexity index is 1870. The lowest BCUT2D eigenvalue weighted by Gasteiger charge is -2.23. The van der Waals surface area contributed by atoms with Crippen LogP contribution in [0, 0.1) is 20.8 Å². The molecule has 1 saturated heterocycles. The molecule has 1 atom stereocenters. The molecule has 1 aliphatic heterocycles. The summed E-state index contributed by atoms with van der Waals surface area (Å²) in [6.45, 7) is 8.53. The van der Waals surface area contributed by atoms with Crippen LogP contribution in [0.3, 0.4) is 0 Å². The number of thiazole rings is 1. The molecule has 1 fully saturated rings. The van der Waals surface area contributed by atoms with Gasteiger partial charge in [-0.15, -0.1) is 0 Å². The Balaban J connectivity index is 1.49. The number of carbonyl (C=O) groups excluding carboxylic acids is 2. The van der Waals surface area contributed by atoms with Gasteiger partial charge >= 0.3 is 5.91 Å². The molecule has 1 aliphatic rings. The van der Waals surface area contributed by atoms with E-state index in [2.05, 4.69) is 11.9 Å². The highest BCUT2D eigenvalue weighted by Crippen LogP contribution is 2.45. The molecule has 42 heavy (non-hydrogen) atoms. The Kier molecular flexibility index (Phi) is 7.28. The number of anilines is 1. The first kappa shape index (κ1) is 27.7. The number of carbonyl (C=O) groups is 2.